The van der Waals surface area contributed by atoms with Crippen molar-refractivity contribution in [2.45, 2.75) is 46.1 Å². The summed E-state index contributed by atoms with van der Waals surface area (Å²) in [7, 11) is 0. The van der Waals surface area contributed by atoms with Gasteiger partial charge in [-0.1, -0.05) is 20.8 Å². The normalized spacial score (nSPS) is 18.4. The van der Waals surface area contributed by atoms with E-state index in [1.807, 2.05) is 29.2 Å². The Labute approximate surface area is 136 Å². The molecule has 0 bridgehead atoms. The van der Waals surface area contributed by atoms with Crippen molar-refractivity contribution in [3.63, 3.8) is 0 Å². The van der Waals surface area contributed by atoms with Crippen molar-refractivity contribution in [2.75, 3.05) is 6.54 Å². The van der Waals surface area contributed by atoms with E-state index in [0.29, 0.717) is 6.04 Å². The number of hydrogen-bond acceptors (Lipinski definition) is 4. The Morgan fingerprint density at radius 2 is 2.00 bits per heavy atom. The van der Waals surface area contributed by atoms with Gasteiger partial charge in [0, 0.05) is 18.2 Å². The summed E-state index contributed by atoms with van der Waals surface area (Å²) in [4.78, 5) is 14.9. The molecule has 1 aliphatic heterocycles. The minimum absolute atomic E-state index is 0.125. The van der Waals surface area contributed by atoms with Gasteiger partial charge in [0.25, 0.3) is 5.91 Å². The fourth-order valence-corrected chi connectivity index (χ4v) is 3.22. The Bertz CT molecular complexity index is 657. The highest BCUT2D eigenvalue weighted by Gasteiger charge is 2.32. The van der Waals surface area contributed by atoms with Gasteiger partial charge in [-0.3, -0.25) is 4.79 Å². The van der Waals surface area contributed by atoms with E-state index in [0.717, 1.165) is 37.1 Å². The second-order valence-corrected chi connectivity index (χ2v) is 7.36. The molecule has 2 aromatic rings. The first-order valence-electron chi connectivity index (χ1n) is 8.08. The molecule has 0 unspecified atom stereocenters. The van der Waals surface area contributed by atoms with Crippen LogP contribution >= 0.6 is 0 Å². The van der Waals surface area contributed by atoms with Crippen molar-refractivity contribution in [3.05, 3.63) is 36.2 Å². The number of tetrazole rings is 1. The largest absolute Gasteiger partial charge is 0.336 e. The molecular formula is C17H23N5O. The Balaban J connectivity index is 1.74. The Morgan fingerprint density at radius 1 is 1.26 bits per heavy atom. The quantitative estimate of drug-likeness (QED) is 0.874. The number of nitrogens with zero attached hydrogens (tertiary/aromatic N) is 5. The standard InChI is InChI=1S/C17H23N5O/c1-17(2,3)11-15-5-4-10-21(15)16(23)13-6-8-14(9-7-13)22-12-18-19-20-22/h6-9,12,15H,4-5,10-11H2,1-3H3/t15-/m0/s1. The highest BCUT2D eigenvalue weighted by Crippen LogP contribution is 2.30. The molecule has 23 heavy (non-hydrogen) atoms. The van der Waals surface area contributed by atoms with Crippen molar-refractivity contribution < 1.29 is 4.79 Å². The molecule has 0 aliphatic carbocycles. The van der Waals surface area contributed by atoms with Crippen LogP contribution in [-0.4, -0.2) is 43.6 Å². The van der Waals surface area contributed by atoms with Gasteiger partial charge in [-0.05, 0) is 59.4 Å². The molecule has 122 valence electrons. The number of hydrogen-bond donors (Lipinski definition) is 0. The summed E-state index contributed by atoms with van der Waals surface area (Å²) in [5.41, 5.74) is 1.80. The molecule has 6 nitrogen and oxygen atoms in total. The summed E-state index contributed by atoms with van der Waals surface area (Å²) >= 11 is 0. The lowest BCUT2D eigenvalue weighted by molar-refractivity contribution is 0.0704. The van der Waals surface area contributed by atoms with Crippen molar-refractivity contribution >= 4 is 5.91 Å². The number of rotatable bonds is 3. The monoisotopic (exact) mass is 313 g/mol. The maximum atomic E-state index is 12.8. The van der Waals surface area contributed by atoms with Crippen molar-refractivity contribution in [2.24, 2.45) is 5.41 Å². The summed E-state index contributed by atoms with van der Waals surface area (Å²) in [6.07, 6.45) is 4.78. The van der Waals surface area contributed by atoms with E-state index in [-0.39, 0.29) is 11.3 Å². The van der Waals surface area contributed by atoms with Gasteiger partial charge < -0.3 is 4.90 Å². The van der Waals surface area contributed by atoms with Gasteiger partial charge >= 0.3 is 0 Å². The smallest absolute Gasteiger partial charge is 0.254 e. The molecule has 0 saturated carbocycles. The van der Waals surface area contributed by atoms with Crippen LogP contribution in [0.5, 0.6) is 0 Å². The second-order valence-electron chi connectivity index (χ2n) is 7.36. The van der Waals surface area contributed by atoms with Crippen molar-refractivity contribution in [1.29, 1.82) is 0 Å². The third-order valence-corrected chi connectivity index (χ3v) is 4.21. The number of carbonyl (C=O) groups is 1. The molecule has 1 aliphatic rings. The third-order valence-electron chi connectivity index (χ3n) is 4.21. The SMILES string of the molecule is CC(C)(C)C[C@@H]1CCCN1C(=O)c1ccc(-n2cnnn2)cc1. The van der Waals surface area contributed by atoms with Crippen LogP contribution in [0.3, 0.4) is 0 Å². The lowest BCUT2D eigenvalue weighted by Crippen LogP contribution is -2.37. The average Bonchev–Trinajstić information content (AvgIpc) is 3.16. The zero-order valence-corrected chi connectivity index (χ0v) is 13.9. The van der Waals surface area contributed by atoms with E-state index in [1.165, 1.54) is 6.33 Å². The van der Waals surface area contributed by atoms with E-state index in [1.54, 1.807) is 4.68 Å². The van der Waals surface area contributed by atoms with Gasteiger partial charge in [-0.25, -0.2) is 4.68 Å². The molecule has 1 saturated heterocycles. The summed E-state index contributed by atoms with van der Waals surface area (Å²) in [6, 6.07) is 7.80. The average molecular weight is 313 g/mol. The number of likely N-dealkylation sites (tertiary alicyclic amines) is 1. The summed E-state index contributed by atoms with van der Waals surface area (Å²) in [5.74, 6) is 0.125. The summed E-state index contributed by atoms with van der Waals surface area (Å²) in [6.45, 7) is 7.55. The van der Waals surface area contributed by atoms with E-state index in [2.05, 4.69) is 36.3 Å². The summed E-state index contributed by atoms with van der Waals surface area (Å²) in [5, 5.41) is 11.1. The van der Waals surface area contributed by atoms with E-state index in [9.17, 15) is 4.79 Å². The predicted octanol–water partition coefficient (Wildman–Crippen LogP) is 2.70. The molecule has 0 N–H and O–H groups in total. The molecule has 1 aromatic carbocycles. The van der Waals surface area contributed by atoms with Crippen LogP contribution in [0.2, 0.25) is 0 Å². The lowest BCUT2D eigenvalue weighted by Gasteiger charge is -2.30. The molecule has 0 radical (unpaired) electrons. The Kier molecular flexibility index (Phi) is 4.15. The van der Waals surface area contributed by atoms with Gasteiger partial charge in [-0.15, -0.1) is 5.10 Å². The molecule has 2 heterocycles. The van der Waals surface area contributed by atoms with Crippen LogP contribution in [0.1, 0.15) is 50.4 Å². The number of carbonyl (C=O) groups excluding carboxylic acids is 1. The number of benzene rings is 1. The molecule has 6 heteroatoms. The zero-order chi connectivity index (χ0) is 16.4. The van der Waals surface area contributed by atoms with Gasteiger partial charge in [0.15, 0.2) is 0 Å². The van der Waals surface area contributed by atoms with Crippen LogP contribution in [-0.2, 0) is 0 Å². The van der Waals surface area contributed by atoms with E-state index >= 15 is 0 Å². The maximum Gasteiger partial charge on any atom is 0.254 e. The molecule has 1 fully saturated rings. The highest BCUT2D eigenvalue weighted by molar-refractivity contribution is 5.94. The topological polar surface area (TPSA) is 63.9 Å². The van der Waals surface area contributed by atoms with E-state index < -0.39 is 0 Å². The van der Waals surface area contributed by atoms with Crippen LogP contribution < -0.4 is 0 Å². The first-order valence-corrected chi connectivity index (χ1v) is 8.08. The second kappa shape index (κ2) is 6.10. The van der Waals surface area contributed by atoms with Gasteiger partial charge in [0.05, 0.1) is 5.69 Å². The predicted molar refractivity (Wildman–Crippen MR) is 87.3 cm³/mol. The maximum absolute atomic E-state index is 12.8. The first kappa shape index (κ1) is 15.6. The van der Waals surface area contributed by atoms with Gasteiger partial charge in [0.2, 0.25) is 0 Å². The Morgan fingerprint density at radius 3 is 2.61 bits per heavy atom. The first-order chi connectivity index (χ1) is 10.9. The van der Waals surface area contributed by atoms with Crippen LogP contribution in [0.4, 0.5) is 0 Å². The molecular weight excluding hydrogens is 290 g/mol. The van der Waals surface area contributed by atoms with Gasteiger partial charge in [-0.2, -0.15) is 0 Å². The van der Waals surface area contributed by atoms with Crippen LogP contribution in [0, 0.1) is 5.41 Å². The highest BCUT2D eigenvalue weighted by atomic mass is 16.2. The van der Waals surface area contributed by atoms with Crippen LogP contribution in [0.15, 0.2) is 30.6 Å². The molecule has 1 amide bonds. The molecule has 0 spiro atoms. The van der Waals surface area contributed by atoms with Crippen molar-refractivity contribution in [1.82, 2.24) is 25.1 Å². The molecule has 3 rings (SSSR count). The van der Waals surface area contributed by atoms with Crippen LogP contribution in [0.25, 0.3) is 5.69 Å². The molecule has 1 aromatic heterocycles. The fraction of sp³-hybridized carbons (Fsp3) is 0.529. The minimum Gasteiger partial charge on any atom is -0.336 e. The lowest BCUT2D eigenvalue weighted by atomic mass is 9.87. The Hall–Kier alpha value is -2.24. The summed E-state index contributed by atoms with van der Waals surface area (Å²) < 4.78 is 1.58. The van der Waals surface area contributed by atoms with Gasteiger partial charge in [0.1, 0.15) is 6.33 Å². The fourth-order valence-electron chi connectivity index (χ4n) is 3.22. The number of amides is 1. The van der Waals surface area contributed by atoms with E-state index in [4.69, 9.17) is 0 Å². The number of aromatic nitrogens is 4. The molecule has 1 atom stereocenters. The zero-order valence-electron chi connectivity index (χ0n) is 13.9. The third kappa shape index (κ3) is 3.57. The minimum atomic E-state index is 0.125. The van der Waals surface area contributed by atoms with Crippen molar-refractivity contribution in [3.8, 4) is 5.69 Å².